The van der Waals surface area contributed by atoms with Crippen LogP contribution >= 0.6 is 12.2 Å². The second-order valence-corrected chi connectivity index (χ2v) is 7.18. The molecule has 160 valence electrons. The van der Waals surface area contributed by atoms with Gasteiger partial charge in [-0.25, -0.2) is 0 Å². The number of hydrogen-bond donors (Lipinski definition) is 1. The highest BCUT2D eigenvalue weighted by molar-refractivity contribution is 7.80. The van der Waals surface area contributed by atoms with E-state index < -0.39 is 16.7 Å². The third kappa shape index (κ3) is 3.97. The van der Waals surface area contributed by atoms with E-state index in [1.54, 1.807) is 36.6 Å². The van der Waals surface area contributed by atoms with Crippen molar-refractivity contribution in [2.24, 2.45) is 0 Å². The summed E-state index contributed by atoms with van der Waals surface area (Å²) < 4.78 is 6.79. The predicted molar refractivity (Wildman–Crippen MR) is 119 cm³/mol. The van der Waals surface area contributed by atoms with Crippen LogP contribution in [-0.4, -0.2) is 45.0 Å². The Hall–Kier alpha value is -3.79. The fraction of sp³-hybridized carbons (Fsp3) is 0.190. The number of carbonyl (C=O) groups is 2. The number of carbonyl (C=O) groups excluding carboxylic acids is 2. The first kappa shape index (κ1) is 21.9. The smallest absolute Gasteiger partial charge is 0.296 e. The Morgan fingerprint density at radius 3 is 2.61 bits per heavy atom. The molecule has 1 fully saturated rings. The summed E-state index contributed by atoms with van der Waals surface area (Å²) in [4.78, 5) is 37.6. The number of nitrogens with one attached hydrogen (secondary N) is 1. The number of benzene rings is 1. The number of nitro benzene ring substituents is 1. The van der Waals surface area contributed by atoms with Crippen molar-refractivity contribution >= 4 is 40.9 Å². The summed E-state index contributed by atoms with van der Waals surface area (Å²) in [7, 11) is 1.43. The van der Waals surface area contributed by atoms with E-state index in [1.807, 2.05) is 0 Å². The van der Waals surface area contributed by atoms with Crippen LogP contribution in [0.1, 0.15) is 17.0 Å². The lowest BCUT2D eigenvalue weighted by molar-refractivity contribution is -0.384. The first-order valence-corrected chi connectivity index (χ1v) is 9.62. The molecule has 1 saturated heterocycles. The van der Waals surface area contributed by atoms with Gasteiger partial charge >= 0.3 is 0 Å². The summed E-state index contributed by atoms with van der Waals surface area (Å²) in [6.07, 6.45) is 2.97. The van der Waals surface area contributed by atoms with E-state index in [0.717, 1.165) is 0 Å². The monoisotopic (exact) mass is 440 g/mol. The van der Waals surface area contributed by atoms with Gasteiger partial charge in [0.05, 0.1) is 18.1 Å². The van der Waals surface area contributed by atoms with Gasteiger partial charge < -0.3 is 9.30 Å². The molecular weight excluding hydrogens is 420 g/mol. The van der Waals surface area contributed by atoms with Crippen LogP contribution in [-0.2, 0) is 9.59 Å². The summed E-state index contributed by atoms with van der Waals surface area (Å²) in [5.41, 5.74) is 2.03. The van der Waals surface area contributed by atoms with Gasteiger partial charge in [-0.15, -0.1) is 6.58 Å². The van der Waals surface area contributed by atoms with Crippen molar-refractivity contribution in [3.63, 3.8) is 0 Å². The minimum absolute atomic E-state index is 0.0198. The summed E-state index contributed by atoms with van der Waals surface area (Å²) in [5.74, 6) is -0.771. The van der Waals surface area contributed by atoms with Crippen molar-refractivity contribution in [2.75, 3.05) is 13.7 Å². The van der Waals surface area contributed by atoms with Gasteiger partial charge in [0.2, 0.25) is 0 Å². The Kier molecular flexibility index (Phi) is 6.02. The Labute approximate surface area is 183 Å². The molecule has 2 aromatic rings. The molecule has 9 nitrogen and oxygen atoms in total. The van der Waals surface area contributed by atoms with Gasteiger partial charge in [-0.05, 0) is 55.9 Å². The fourth-order valence-electron chi connectivity index (χ4n) is 3.41. The van der Waals surface area contributed by atoms with E-state index in [0.29, 0.717) is 28.4 Å². The SMILES string of the molecule is C=CCN1C(=O)/C(=C\c2cc(C)n(-c3ccc(OC)cc3[N+](=O)[O-])c2C)C(=O)NC1=S. The molecular formula is C21H20N4O5S. The molecule has 0 spiro atoms. The van der Waals surface area contributed by atoms with E-state index >= 15 is 0 Å². The molecule has 1 aromatic heterocycles. The molecule has 1 aliphatic rings. The molecule has 0 radical (unpaired) electrons. The van der Waals surface area contributed by atoms with Crippen LogP contribution in [0.2, 0.25) is 0 Å². The summed E-state index contributed by atoms with van der Waals surface area (Å²) in [6, 6.07) is 6.32. The normalized spacial score (nSPS) is 15.3. The highest BCUT2D eigenvalue weighted by Gasteiger charge is 2.33. The molecule has 0 aliphatic carbocycles. The fourth-order valence-corrected chi connectivity index (χ4v) is 3.66. The van der Waals surface area contributed by atoms with Gasteiger partial charge in [0.1, 0.15) is 17.0 Å². The third-order valence-corrected chi connectivity index (χ3v) is 5.21. The molecule has 3 rings (SSSR count). The Balaban J connectivity index is 2.12. The molecule has 1 aliphatic heterocycles. The van der Waals surface area contributed by atoms with Crippen LogP contribution < -0.4 is 10.1 Å². The number of aryl methyl sites for hydroxylation is 1. The topological polar surface area (TPSA) is 107 Å². The molecule has 2 heterocycles. The van der Waals surface area contributed by atoms with Crippen molar-refractivity contribution in [1.82, 2.24) is 14.8 Å². The molecule has 10 heteroatoms. The van der Waals surface area contributed by atoms with Gasteiger partial charge in [0.15, 0.2) is 5.11 Å². The molecule has 1 aromatic carbocycles. The number of hydrogen-bond acceptors (Lipinski definition) is 6. The van der Waals surface area contributed by atoms with Gasteiger partial charge in [-0.2, -0.15) is 0 Å². The Morgan fingerprint density at radius 1 is 1.29 bits per heavy atom. The second-order valence-electron chi connectivity index (χ2n) is 6.80. The van der Waals surface area contributed by atoms with E-state index in [9.17, 15) is 19.7 Å². The van der Waals surface area contributed by atoms with Crippen molar-refractivity contribution in [3.05, 3.63) is 69.6 Å². The molecule has 1 N–H and O–H groups in total. The number of rotatable bonds is 6. The number of aromatic nitrogens is 1. The van der Waals surface area contributed by atoms with Crippen LogP contribution in [0.3, 0.4) is 0 Å². The van der Waals surface area contributed by atoms with Gasteiger partial charge in [-0.3, -0.25) is 29.9 Å². The van der Waals surface area contributed by atoms with E-state index in [-0.39, 0.29) is 22.9 Å². The first-order valence-electron chi connectivity index (χ1n) is 9.21. The maximum atomic E-state index is 12.8. The first-order chi connectivity index (χ1) is 14.7. The number of ether oxygens (including phenoxy) is 1. The standard InChI is InChI=1S/C21H20N4O5S/c1-5-8-23-20(27)16(19(26)22-21(23)31)10-14-9-12(2)24(13(14)3)17-7-6-15(30-4)11-18(17)25(28)29/h5-7,9-11H,1,8H2,2-4H3,(H,22,26,31)/b16-10-. The molecule has 0 atom stereocenters. The van der Waals surface area contributed by atoms with Crippen molar-refractivity contribution in [1.29, 1.82) is 0 Å². The zero-order valence-electron chi connectivity index (χ0n) is 17.2. The van der Waals surface area contributed by atoms with Gasteiger partial charge in [0.25, 0.3) is 17.5 Å². The lowest BCUT2D eigenvalue weighted by Crippen LogP contribution is -2.53. The lowest BCUT2D eigenvalue weighted by atomic mass is 10.1. The van der Waals surface area contributed by atoms with Crippen LogP contribution in [0.5, 0.6) is 5.75 Å². The maximum Gasteiger partial charge on any atom is 0.296 e. The quantitative estimate of drug-likeness (QED) is 0.185. The molecule has 2 amide bonds. The molecule has 0 saturated carbocycles. The number of nitrogens with zero attached hydrogens (tertiary/aromatic N) is 3. The van der Waals surface area contributed by atoms with Crippen LogP contribution in [0.25, 0.3) is 11.8 Å². The number of nitro groups is 1. The summed E-state index contributed by atoms with van der Waals surface area (Å²) in [6.45, 7) is 7.29. The van der Waals surface area contributed by atoms with Crippen LogP contribution in [0.4, 0.5) is 5.69 Å². The summed E-state index contributed by atoms with van der Waals surface area (Å²) >= 11 is 5.06. The number of thiocarbonyl (C=S) groups is 1. The number of amides is 2. The Morgan fingerprint density at radius 2 is 2.00 bits per heavy atom. The average Bonchev–Trinajstić information content (AvgIpc) is 3.00. The van der Waals surface area contributed by atoms with E-state index in [2.05, 4.69) is 11.9 Å². The average molecular weight is 440 g/mol. The van der Waals surface area contributed by atoms with Gasteiger partial charge in [0, 0.05) is 17.9 Å². The zero-order chi connectivity index (χ0) is 22.9. The number of methoxy groups -OCH3 is 1. The van der Waals surface area contributed by atoms with E-state index in [4.69, 9.17) is 17.0 Å². The molecule has 0 bridgehead atoms. The van der Waals surface area contributed by atoms with Crippen molar-refractivity contribution < 1.29 is 19.2 Å². The van der Waals surface area contributed by atoms with Crippen molar-refractivity contribution in [2.45, 2.75) is 13.8 Å². The Bertz CT molecular complexity index is 1160. The van der Waals surface area contributed by atoms with Crippen LogP contribution in [0.15, 0.2) is 42.5 Å². The van der Waals surface area contributed by atoms with Crippen LogP contribution in [0, 0.1) is 24.0 Å². The van der Waals surface area contributed by atoms with Crippen molar-refractivity contribution in [3.8, 4) is 11.4 Å². The van der Waals surface area contributed by atoms with Gasteiger partial charge in [-0.1, -0.05) is 6.08 Å². The third-order valence-electron chi connectivity index (χ3n) is 4.89. The maximum absolute atomic E-state index is 12.8. The minimum atomic E-state index is -0.601. The lowest BCUT2D eigenvalue weighted by Gasteiger charge is -2.27. The van der Waals surface area contributed by atoms with E-state index in [1.165, 1.54) is 30.2 Å². The highest BCUT2D eigenvalue weighted by atomic mass is 32.1. The summed E-state index contributed by atoms with van der Waals surface area (Å²) in [5, 5.41) is 14.1. The largest absolute Gasteiger partial charge is 0.496 e. The molecule has 31 heavy (non-hydrogen) atoms. The minimum Gasteiger partial charge on any atom is -0.496 e. The zero-order valence-corrected chi connectivity index (χ0v) is 18.0. The molecule has 0 unspecified atom stereocenters. The highest BCUT2D eigenvalue weighted by Crippen LogP contribution is 2.32. The predicted octanol–water partition coefficient (Wildman–Crippen LogP) is 2.82. The second kappa shape index (κ2) is 8.52.